The summed E-state index contributed by atoms with van der Waals surface area (Å²) >= 11 is 2.96. The maximum absolute atomic E-state index is 11.7. The molecule has 0 fully saturated rings. The predicted molar refractivity (Wildman–Crippen MR) is 99.4 cm³/mol. The molecule has 0 aliphatic heterocycles. The Bertz CT molecular complexity index is 896. The molecule has 0 aliphatic rings. The fraction of sp³-hybridized carbons (Fsp3) is 0.167. The van der Waals surface area contributed by atoms with Gasteiger partial charge in [0.2, 0.25) is 5.91 Å². The van der Waals surface area contributed by atoms with Crippen molar-refractivity contribution in [3.05, 3.63) is 53.5 Å². The first kappa shape index (κ1) is 16.5. The second-order valence-electron chi connectivity index (χ2n) is 5.19. The number of thiazole rings is 1. The molecule has 0 radical (unpaired) electrons. The van der Waals surface area contributed by atoms with Crippen LogP contribution in [0.25, 0.3) is 10.2 Å². The van der Waals surface area contributed by atoms with Crippen LogP contribution in [0.1, 0.15) is 17.2 Å². The molecule has 1 aromatic heterocycles. The molecule has 120 valence electrons. The van der Waals surface area contributed by atoms with Crippen molar-refractivity contribution in [3.8, 4) is 6.07 Å². The summed E-state index contributed by atoms with van der Waals surface area (Å²) in [5.74, 6) is -0.0449. The van der Waals surface area contributed by atoms with Crippen molar-refractivity contribution in [2.75, 3.05) is 11.9 Å². The molecule has 0 N–H and O–H groups in total. The first-order valence-electron chi connectivity index (χ1n) is 7.35. The summed E-state index contributed by atoms with van der Waals surface area (Å²) in [7, 11) is 1.74. The lowest BCUT2D eigenvalue weighted by Crippen LogP contribution is -2.23. The van der Waals surface area contributed by atoms with Crippen LogP contribution in [-0.2, 0) is 4.79 Å². The zero-order chi connectivity index (χ0) is 17.1. The quantitative estimate of drug-likeness (QED) is 0.641. The molecule has 1 heterocycles. The van der Waals surface area contributed by atoms with E-state index in [1.54, 1.807) is 11.9 Å². The van der Waals surface area contributed by atoms with Crippen LogP contribution in [0.2, 0.25) is 0 Å². The topological polar surface area (TPSA) is 57.0 Å². The zero-order valence-corrected chi connectivity index (χ0v) is 14.9. The van der Waals surface area contributed by atoms with Gasteiger partial charge >= 0.3 is 0 Å². The first-order chi connectivity index (χ1) is 11.6. The Morgan fingerprint density at radius 1 is 1.25 bits per heavy atom. The van der Waals surface area contributed by atoms with Gasteiger partial charge in [-0.3, -0.25) is 4.79 Å². The molecular formula is C18H15N3OS2. The highest BCUT2D eigenvalue weighted by molar-refractivity contribution is 8.00. The summed E-state index contributed by atoms with van der Waals surface area (Å²) in [5, 5.41) is 9.99. The van der Waals surface area contributed by atoms with E-state index in [1.165, 1.54) is 30.0 Å². The summed E-state index contributed by atoms with van der Waals surface area (Å²) < 4.78 is 1.07. The van der Waals surface area contributed by atoms with E-state index in [9.17, 15) is 10.1 Å². The van der Waals surface area contributed by atoms with Gasteiger partial charge in [-0.2, -0.15) is 5.26 Å². The highest BCUT2D eigenvalue weighted by Crippen LogP contribution is 2.41. The minimum absolute atomic E-state index is 0.0449. The summed E-state index contributed by atoms with van der Waals surface area (Å²) in [6.45, 7) is 1.52. The van der Waals surface area contributed by atoms with Crippen LogP contribution >= 0.6 is 23.1 Å². The van der Waals surface area contributed by atoms with E-state index in [1.807, 2.05) is 48.5 Å². The van der Waals surface area contributed by atoms with E-state index in [-0.39, 0.29) is 5.91 Å². The van der Waals surface area contributed by atoms with Gasteiger partial charge in [0.05, 0.1) is 22.0 Å². The molecule has 1 atom stereocenters. The number of fused-ring (bicyclic) bond motifs is 1. The smallest absolute Gasteiger partial charge is 0.223 e. The molecule has 3 rings (SSSR count). The molecule has 1 unspecified atom stereocenters. The number of thioether (sulfide) groups is 1. The van der Waals surface area contributed by atoms with Crippen molar-refractivity contribution in [2.24, 2.45) is 0 Å². The maximum Gasteiger partial charge on any atom is 0.223 e. The number of nitriles is 1. The maximum atomic E-state index is 11.7. The molecule has 0 spiro atoms. The van der Waals surface area contributed by atoms with Crippen LogP contribution in [0.15, 0.2) is 53.4 Å². The van der Waals surface area contributed by atoms with E-state index in [0.717, 1.165) is 25.8 Å². The van der Waals surface area contributed by atoms with Gasteiger partial charge < -0.3 is 4.90 Å². The van der Waals surface area contributed by atoms with Crippen LogP contribution in [0, 0.1) is 11.3 Å². The Hall–Kier alpha value is -2.36. The Labute approximate surface area is 148 Å². The van der Waals surface area contributed by atoms with Gasteiger partial charge in [-0.1, -0.05) is 36.0 Å². The largest absolute Gasteiger partial charge is 0.315 e. The van der Waals surface area contributed by atoms with Crippen LogP contribution in [0.4, 0.5) is 5.69 Å². The number of rotatable bonds is 4. The molecule has 2 aromatic carbocycles. The number of hydrogen-bond acceptors (Lipinski definition) is 5. The summed E-state index contributed by atoms with van der Waals surface area (Å²) in [4.78, 5) is 18.7. The van der Waals surface area contributed by atoms with E-state index < -0.39 is 5.25 Å². The number of carbonyl (C=O) groups is 1. The summed E-state index contributed by atoms with van der Waals surface area (Å²) in [6, 6.07) is 17.8. The van der Waals surface area contributed by atoms with Crippen LogP contribution in [0.5, 0.6) is 0 Å². The average molecular weight is 353 g/mol. The Kier molecular flexibility index (Phi) is 4.84. The van der Waals surface area contributed by atoms with Crippen molar-refractivity contribution in [1.29, 1.82) is 5.26 Å². The normalized spacial score (nSPS) is 11.9. The van der Waals surface area contributed by atoms with Gasteiger partial charge in [-0.05, 0) is 24.3 Å². The molecule has 6 heteroatoms. The third-order valence-electron chi connectivity index (χ3n) is 3.60. The highest BCUT2D eigenvalue weighted by atomic mass is 32.2. The lowest BCUT2D eigenvalue weighted by Gasteiger charge is -2.19. The van der Waals surface area contributed by atoms with Gasteiger partial charge in [-0.15, -0.1) is 11.3 Å². The second kappa shape index (κ2) is 7.04. The highest BCUT2D eigenvalue weighted by Gasteiger charge is 2.20. The van der Waals surface area contributed by atoms with Crippen LogP contribution in [-0.4, -0.2) is 17.9 Å². The Balaban J connectivity index is 1.94. The summed E-state index contributed by atoms with van der Waals surface area (Å²) in [5.41, 5.74) is 1.71. The number of amides is 1. The average Bonchev–Trinajstić information content (AvgIpc) is 3.03. The molecule has 3 aromatic rings. The van der Waals surface area contributed by atoms with Crippen LogP contribution < -0.4 is 4.90 Å². The number of para-hydroxylation sites is 2. The Morgan fingerprint density at radius 3 is 2.67 bits per heavy atom. The predicted octanol–water partition coefficient (Wildman–Crippen LogP) is 4.64. The van der Waals surface area contributed by atoms with E-state index in [0.29, 0.717) is 0 Å². The first-order valence-corrected chi connectivity index (χ1v) is 9.05. The van der Waals surface area contributed by atoms with Gasteiger partial charge in [0.15, 0.2) is 0 Å². The summed E-state index contributed by atoms with van der Waals surface area (Å²) in [6.07, 6.45) is 0. The van der Waals surface area contributed by atoms with Crippen LogP contribution in [0.3, 0.4) is 0 Å². The van der Waals surface area contributed by atoms with Gasteiger partial charge in [0, 0.05) is 18.9 Å². The minimum Gasteiger partial charge on any atom is -0.315 e. The number of hydrogen-bond donors (Lipinski definition) is 0. The molecular weight excluding hydrogens is 338 g/mol. The fourth-order valence-electron chi connectivity index (χ4n) is 2.26. The lowest BCUT2D eigenvalue weighted by molar-refractivity contribution is -0.116. The SMILES string of the molecule is CC(=O)N(C)c1ccccc1SC(C#N)c1nc2ccccc2s1. The molecule has 24 heavy (non-hydrogen) atoms. The third-order valence-corrected chi connectivity index (χ3v) is 6.01. The lowest BCUT2D eigenvalue weighted by atomic mass is 10.3. The minimum atomic E-state index is -0.413. The van der Waals surface area contributed by atoms with Gasteiger partial charge in [0.25, 0.3) is 0 Å². The number of carbonyl (C=O) groups excluding carboxylic acids is 1. The third kappa shape index (κ3) is 3.28. The van der Waals surface area contributed by atoms with Crippen molar-refractivity contribution in [1.82, 2.24) is 4.98 Å². The standard InChI is InChI=1S/C18H15N3OS2/c1-12(22)21(2)14-8-4-6-10-16(14)23-17(11-19)18-20-13-7-3-5-9-15(13)24-18/h3-10,17H,1-2H3. The van der Waals surface area contributed by atoms with Crippen molar-refractivity contribution >= 4 is 44.9 Å². The Morgan fingerprint density at radius 2 is 1.96 bits per heavy atom. The fourth-order valence-corrected chi connectivity index (χ4v) is 4.39. The van der Waals surface area contributed by atoms with Crippen molar-refractivity contribution in [2.45, 2.75) is 17.1 Å². The molecule has 0 aliphatic carbocycles. The zero-order valence-electron chi connectivity index (χ0n) is 13.3. The van der Waals surface area contributed by atoms with Crippen molar-refractivity contribution in [3.63, 3.8) is 0 Å². The molecule has 0 bridgehead atoms. The molecule has 0 saturated carbocycles. The van der Waals surface area contributed by atoms with E-state index >= 15 is 0 Å². The molecule has 4 nitrogen and oxygen atoms in total. The number of anilines is 1. The number of benzene rings is 2. The second-order valence-corrected chi connectivity index (χ2v) is 7.40. The van der Waals surface area contributed by atoms with Gasteiger partial charge in [0.1, 0.15) is 10.3 Å². The molecule has 1 amide bonds. The van der Waals surface area contributed by atoms with E-state index in [2.05, 4.69) is 11.1 Å². The molecule has 0 saturated heterocycles. The number of aromatic nitrogens is 1. The van der Waals surface area contributed by atoms with Gasteiger partial charge in [-0.25, -0.2) is 4.98 Å². The monoisotopic (exact) mass is 353 g/mol. The number of nitrogens with zero attached hydrogens (tertiary/aromatic N) is 3. The van der Waals surface area contributed by atoms with Crippen molar-refractivity contribution < 1.29 is 4.79 Å². The van der Waals surface area contributed by atoms with E-state index in [4.69, 9.17) is 0 Å².